The third kappa shape index (κ3) is 4.66. The Hall–Kier alpha value is -3.48. The van der Waals surface area contributed by atoms with Gasteiger partial charge in [-0.05, 0) is 50.2 Å². The number of aryl methyl sites for hydroxylation is 1. The molecular formula is C23H24ClN5O6S. The van der Waals surface area contributed by atoms with Gasteiger partial charge in [0.2, 0.25) is 10.0 Å². The number of methoxy groups -OCH3 is 1. The van der Waals surface area contributed by atoms with Crippen LogP contribution in [0.3, 0.4) is 0 Å². The number of sulfonamides is 1. The number of piperazine rings is 1. The summed E-state index contributed by atoms with van der Waals surface area (Å²) in [6, 6.07) is 10.5. The predicted octanol–water partition coefficient (Wildman–Crippen LogP) is 3.21. The van der Waals surface area contributed by atoms with Gasteiger partial charge < -0.3 is 9.64 Å². The number of nitrogens with zero attached hydrogens (tertiary/aromatic N) is 5. The molecule has 3 aromatic rings. The minimum Gasteiger partial charge on any atom is -0.490 e. The van der Waals surface area contributed by atoms with E-state index >= 15 is 0 Å². The molecule has 0 saturated carbocycles. The minimum atomic E-state index is -3.98. The van der Waals surface area contributed by atoms with Gasteiger partial charge in [0.05, 0.1) is 39.0 Å². The van der Waals surface area contributed by atoms with Gasteiger partial charge in [-0.1, -0.05) is 11.6 Å². The summed E-state index contributed by atoms with van der Waals surface area (Å²) in [6.07, 6.45) is 0. The maximum atomic E-state index is 13.1. The normalized spacial score (nSPS) is 14.6. The zero-order valence-electron chi connectivity index (χ0n) is 19.8. The van der Waals surface area contributed by atoms with E-state index in [4.69, 9.17) is 16.3 Å². The van der Waals surface area contributed by atoms with Crippen molar-refractivity contribution in [1.82, 2.24) is 19.0 Å². The van der Waals surface area contributed by atoms with Crippen molar-refractivity contribution >= 4 is 33.2 Å². The van der Waals surface area contributed by atoms with Crippen LogP contribution in [0.2, 0.25) is 5.02 Å². The summed E-state index contributed by atoms with van der Waals surface area (Å²) in [6.45, 7) is 4.18. The number of carbonyl (C=O) groups is 1. The summed E-state index contributed by atoms with van der Waals surface area (Å²) in [5.74, 6) is -0.244. The van der Waals surface area contributed by atoms with Gasteiger partial charge in [-0.3, -0.25) is 14.9 Å². The van der Waals surface area contributed by atoms with Crippen LogP contribution in [0.4, 0.5) is 5.69 Å². The van der Waals surface area contributed by atoms with Crippen molar-refractivity contribution in [3.63, 3.8) is 0 Å². The molecule has 1 aliphatic heterocycles. The van der Waals surface area contributed by atoms with Crippen LogP contribution in [0.5, 0.6) is 5.75 Å². The molecule has 0 aliphatic carbocycles. The third-order valence-electron chi connectivity index (χ3n) is 6.07. The third-order valence-corrected chi connectivity index (χ3v) is 8.51. The Bertz CT molecular complexity index is 1430. The minimum absolute atomic E-state index is 0.0265. The highest BCUT2D eigenvalue weighted by Crippen LogP contribution is 2.31. The molecule has 0 radical (unpaired) electrons. The molecule has 13 heteroatoms. The van der Waals surface area contributed by atoms with Crippen molar-refractivity contribution in [3.05, 3.63) is 74.6 Å². The molecular weight excluding hydrogens is 510 g/mol. The molecule has 190 valence electrons. The number of amides is 1. The molecule has 1 saturated heterocycles. The Morgan fingerprint density at radius 2 is 1.72 bits per heavy atom. The number of aromatic nitrogens is 2. The van der Waals surface area contributed by atoms with Crippen molar-refractivity contribution < 1.29 is 22.9 Å². The van der Waals surface area contributed by atoms with Crippen LogP contribution in [-0.4, -0.2) is 71.5 Å². The Morgan fingerprint density at radius 1 is 1.08 bits per heavy atom. The van der Waals surface area contributed by atoms with Crippen molar-refractivity contribution in [1.29, 1.82) is 0 Å². The number of benzene rings is 2. The number of hydrogen-bond donors (Lipinski definition) is 0. The molecule has 0 N–H and O–H groups in total. The van der Waals surface area contributed by atoms with E-state index in [1.54, 1.807) is 33.8 Å². The van der Waals surface area contributed by atoms with Crippen LogP contribution in [0, 0.1) is 24.0 Å². The van der Waals surface area contributed by atoms with Gasteiger partial charge in [-0.15, -0.1) is 0 Å². The number of nitro groups is 1. The Kier molecular flexibility index (Phi) is 7.03. The second-order valence-electron chi connectivity index (χ2n) is 8.23. The number of ether oxygens (including phenoxy) is 1. The van der Waals surface area contributed by atoms with E-state index in [0.717, 1.165) is 17.4 Å². The summed E-state index contributed by atoms with van der Waals surface area (Å²) in [4.78, 5) is 25.0. The lowest BCUT2D eigenvalue weighted by Gasteiger charge is -2.34. The molecule has 1 aliphatic rings. The number of carbonyl (C=O) groups excluding carboxylic acids is 1. The van der Waals surface area contributed by atoms with Gasteiger partial charge in [-0.25, -0.2) is 13.1 Å². The van der Waals surface area contributed by atoms with E-state index in [0.29, 0.717) is 16.3 Å². The van der Waals surface area contributed by atoms with E-state index in [2.05, 4.69) is 5.10 Å². The van der Waals surface area contributed by atoms with Gasteiger partial charge in [0.1, 0.15) is 0 Å². The fourth-order valence-electron chi connectivity index (χ4n) is 4.06. The highest BCUT2D eigenvalue weighted by molar-refractivity contribution is 7.89. The Morgan fingerprint density at radius 3 is 2.25 bits per heavy atom. The summed E-state index contributed by atoms with van der Waals surface area (Å²) in [7, 11) is -2.71. The Labute approximate surface area is 213 Å². The lowest BCUT2D eigenvalue weighted by molar-refractivity contribution is -0.386. The zero-order chi connectivity index (χ0) is 26.2. The first-order valence-electron chi connectivity index (χ1n) is 11.0. The zero-order valence-corrected chi connectivity index (χ0v) is 21.4. The van der Waals surface area contributed by atoms with E-state index in [9.17, 15) is 23.3 Å². The highest BCUT2D eigenvalue weighted by Gasteiger charge is 2.32. The average molecular weight is 534 g/mol. The second kappa shape index (κ2) is 9.88. The van der Waals surface area contributed by atoms with E-state index in [-0.39, 0.29) is 42.7 Å². The van der Waals surface area contributed by atoms with Gasteiger partial charge in [0.25, 0.3) is 5.91 Å². The molecule has 2 heterocycles. The van der Waals surface area contributed by atoms with Crippen LogP contribution in [0.25, 0.3) is 5.69 Å². The van der Waals surface area contributed by atoms with Gasteiger partial charge in [0, 0.05) is 37.8 Å². The van der Waals surface area contributed by atoms with Crippen LogP contribution in [0.15, 0.2) is 47.4 Å². The summed E-state index contributed by atoms with van der Waals surface area (Å²) >= 11 is 6.22. The number of nitro benzene ring substituents is 1. The van der Waals surface area contributed by atoms with Gasteiger partial charge >= 0.3 is 5.69 Å². The predicted molar refractivity (Wildman–Crippen MR) is 132 cm³/mol. The van der Waals surface area contributed by atoms with Crippen LogP contribution in [-0.2, 0) is 10.0 Å². The maximum Gasteiger partial charge on any atom is 0.312 e. The quantitative estimate of drug-likeness (QED) is 0.351. The molecule has 0 spiro atoms. The highest BCUT2D eigenvalue weighted by atomic mass is 35.5. The fraction of sp³-hybridized carbons (Fsp3) is 0.304. The van der Waals surface area contributed by atoms with Crippen molar-refractivity contribution in [2.45, 2.75) is 18.7 Å². The smallest absolute Gasteiger partial charge is 0.312 e. The van der Waals surface area contributed by atoms with Gasteiger partial charge in [-0.2, -0.15) is 9.40 Å². The first kappa shape index (κ1) is 25.6. The molecule has 0 unspecified atom stereocenters. The first-order chi connectivity index (χ1) is 17.0. The van der Waals surface area contributed by atoms with E-state index < -0.39 is 20.6 Å². The molecule has 2 aromatic carbocycles. The monoisotopic (exact) mass is 533 g/mol. The van der Waals surface area contributed by atoms with Crippen LogP contribution >= 0.6 is 11.6 Å². The van der Waals surface area contributed by atoms with Crippen molar-refractivity contribution in [3.8, 4) is 11.4 Å². The number of halogens is 1. The molecule has 1 aromatic heterocycles. The van der Waals surface area contributed by atoms with E-state index in [1.807, 2.05) is 13.8 Å². The van der Waals surface area contributed by atoms with Gasteiger partial charge in [0.15, 0.2) is 5.75 Å². The fourth-order valence-corrected chi connectivity index (χ4v) is 5.62. The lowest BCUT2D eigenvalue weighted by Crippen LogP contribution is -2.50. The molecule has 1 fully saturated rings. The SMILES string of the molecule is COc1ccc(S(=O)(=O)N2CCN(C(=O)c3ccc(-n4nc(C)c(Cl)c4C)cc3)CC2)cc1[N+](=O)[O-]. The topological polar surface area (TPSA) is 128 Å². The Balaban J connectivity index is 1.45. The van der Waals surface area contributed by atoms with Crippen molar-refractivity contribution in [2.75, 3.05) is 33.3 Å². The van der Waals surface area contributed by atoms with E-state index in [1.165, 1.54) is 23.5 Å². The van der Waals surface area contributed by atoms with Crippen LogP contribution < -0.4 is 4.74 Å². The van der Waals surface area contributed by atoms with Crippen LogP contribution in [0.1, 0.15) is 21.7 Å². The molecule has 1 amide bonds. The average Bonchev–Trinajstić information content (AvgIpc) is 3.15. The number of rotatable bonds is 6. The molecule has 0 bridgehead atoms. The summed E-state index contributed by atoms with van der Waals surface area (Å²) in [5.41, 5.74) is 2.31. The van der Waals surface area contributed by atoms with Crippen molar-refractivity contribution in [2.24, 2.45) is 0 Å². The molecule has 11 nitrogen and oxygen atoms in total. The molecule has 0 atom stereocenters. The standard InChI is InChI=1S/C23H24ClN5O6S/c1-15-22(24)16(2)28(25-15)18-6-4-17(5-7-18)23(30)26-10-12-27(13-11-26)36(33,34)19-8-9-21(35-3)20(14-19)29(31)32/h4-9,14H,10-13H2,1-3H3. The summed E-state index contributed by atoms with van der Waals surface area (Å²) in [5, 5.41) is 16.3. The number of hydrogen-bond acceptors (Lipinski definition) is 7. The molecule has 4 rings (SSSR count). The first-order valence-corrected chi connectivity index (χ1v) is 12.8. The largest absolute Gasteiger partial charge is 0.490 e. The second-order valence-corrected chi connectivity index (χ2v) is 10.5. The lowest BCUT2D eigenvalue weighted by atomic mass is 10.1. The maximum absolute atomic E-state index is 13.1. The molecule has 36 heavy (non-hydrogen) atoms. The summed E-state index contributed by atoms with van der Waals surface area (Å²) < 4.78 is 34.0.